The summed E-state index contributed by atoms with van der Waals surface area (Å²) in [5, 5.41) is 12.5. The molecule has 3 atom stereocenters. The van der Waals surface area contributed by atoms with Gasteiger partial charge in [0.2, 0.25) is 0 Å². The number of ether oxygens (including phenoxy) is 1. The number of halogens is 1. The van der Waals surface area contributed by atoms with E-state index in [9.17, 15) is 19.6 Å². The van der Waals surface area contributed by atoms with Gasteiger partial charge in [-0.25, -0.2) is 4.79 Å². The highest BCUT2D eigenvalue weighted by Crippen LogP contribution is 2.44. The summed E-state index contributed by atoms with van der Waals surface area (Å²) in [5.74, 6) is -0.673. The molecule has 1 aromatic rings. The van der Waals surface area contributed by atoms with Crippen LogP contribution in [0.2, 0.25) is 5.02 Å². The highest BCUT2D eigenvalue weighted by atomic mass is 35.5. The molecule has 1 N–H and O–H groups in total. The van der Waals surface area contributed by atoms with Crippen LogP contribution < -0.4 is 0 Å². The number of nitroso groups, excluding NO2 is 1. The lowest BCUT2D eigenvalue weighted by molar-refractivity contribution is -0.114. The molecule has 26 heavy (non-hydrogen) atoms. The summed E-state index contributed by atoms with van der Waals surface area (Å²) in [7, 11) is 0. The van der Waals surface area contributed by atoms with E-state index in [1.807, 2.05) is 12.2 Å². The molecule has 1 aromatic carbocycles. The standard InChI is InChI=1S/C19H18ClNO5/c1-10-6-12-7-11(12)4-2-3-5-13(22)8-14-17(19(24)26-10)15(21-25)9-16(23)18(14)20/h2-5,9-12,23H,6-8H2,1H3/b4-2-,5-3+. The number of hydrogen-bond acceptors (Lipinski definition) is 6. The molecule has 3 rings (SSSR count). The number of cyclic esters (lactones) is 1. The van der Waals surface area contributed by atoms with Gasteiger partial charge in [-0.3, -0.25) is 4.79 Å². The molecule has 1 fully saturated rings. The quantitative estimate of drug-likeness (QED) is 0.585. The first kappa shape index (κ1) is 18.3. The number of esters is 1. The average molecular weight is 376 g/mol. The fraction of sp³-hybridized carbons (Fsp3) is 0.368. The number of allylic oxidation sites excluding steroid dienone is 4. The lowest BCUT2D eigenvalue weighted by Gasteiger charge is -2.17. The summed E-state index contributed by atoms with van der Waals surface area (Å²) in [6.07, 6.45) is 7.97. The second-order valence-electron chi connectivity index (χ2n) is 6.67. The lowest BCUT2D eigenvalue weighted by atomic mass is 9.99. The predicted octanol–water partition coefficient (Wildman–Crippen LogP) is 4.25. The molecule has 0 saturated heterocycles. The summed E-state index contributed by atoms with van der Waals surface area (Å²) in [6, 6.07) is 1.00. The van der Waals surface area contributed by atoms with Gasteiger partial charge in [0, 0.05) is 12.5 Å². The summed E-state index contributed by atoms with van der Waals surface area (Å²) in [6.45, 7) is 1.78. The third-order valence-corrected chi connectivity index (χ3v) is 5.07. The second kappa shape index (κ2) is 7.41. The minimum absolute atomic E-state index is 0.0402. The Bertz CT molecular complexity index is 830. The number of hydrogen-bond donors (Lipinski definition) is 1. The molecule has 1 saturated carbocycles. The molecule has 1 aliphatic heterocycles. The predicted molar refractivity (Wildman–Crippen MR) is 96.7 cm³/mol. The SMILES string of the molecule is CC1CC2CC2/C=C\C=C\C(=O)Cc2c(Cl)c(O)cc(N=O)c2C(=O)O1. The molecule has 3 unspecified atom stereocenters. The van der Waals surface area contributed by atoms with Gasteiger partial charge >= 0.3 is 5.97 Å². The van der Waals surface area contributed by atoms with E-state index in [2.05, 4.69) is 5.18 Å². The first-order valence-corrected chi connectivity index (χ1v) is 8.74. The van der Waals surface area contributed by atoms with E-state index in [-0.39, 0.29) is 40.1 Å². The molecule has 0 aromatic heterocycles. The van der Waals surface area contributed by atoms with Crippen molar-refractivity contribution in [3.8, 4) is 5.75 Å². The zero-order chi connectivity index (χ0) is 18.8. The number of phenolic OH excluding ortho intramolecular Hbond substituents is 1. The molecule has 136 valence electrons. The molecule has 1 heterocycles. The number of carbonyl (C=O) groups excluding carboxylic acids is 2. The normalized spacial score (nSPS) is 28.2. The van der Waals surface area contributed by atoms with Crippen LogP contribution in [-0.2, 0) is 16.0 Å². The Balaban J connectivity index is 2.06. The Morgan fingerprint density at radius 3 is 2.77 bits per heavy atom. The van der Waals surface area contributed by atoms with Gasteiger partial charge in [-0.05, 0) is 48.4 Å². The molecule has 1 aliphatic carbocycles. The van der Waals surface area contributed by atoms with E-state index in [4.69, 9.17) is 16.3 Å². The maximum Gasteiger partial charge on any atom is 0.341 e. The number of ketones is 1. The minimum Gasteiger partial charge on any atom is -0.506 e. The zero-order valence-corrected chi connectivity index (χ0v) is 14.9. The number of carbonyl (C=O) groups is 2. The van der Waals surface area contributed by atoms with E-state index in [0.29, 0.717) is 18.3 Å². The van der Waals surface area contributed by atoms with Gasteiger partial charge in [-0.15, -0.1) is 4.91 Å². The van der Waals surface area contributed by atoms with Gasteiger partial charge in [0.1, 0.15) is 11.4 Å². The number of phenols is 1. The van der Waals surface area contributed by atoms with Crippen LogP contribution in [0.25, 0.3) is 0 Å². The highest BCUT2D eigenvalue weighted by molar-refractivity contribution is 6.33. The zero-order valence-electron chi connectivity index (χ0n) is 14.1. The number of nitrogens with zero attached hydrogens (tertiary/aromatic N) is 1. The van der Waals surface area contributed by atoms with Crippen molar-refractivity contribution in [2.75, 3.05) is 0 Å². The maximum atomic E-state index is 12.7. The van der Waals surface area contributed by atoms with Gasteiger partial charge < -0.3 is 9.84 Å². The van der Waals surface area contributed by atoms with Crippen molar-refractivity contribution in [1.29, 1.82) is 0 Å². The number of benzene rings is 1. The second-order valence-corrected chi connectivity index (χ2v) is 7.05. The molecular weight excluding hydrogens is 358 g/mol. The van der Waals surface area contributed by atoms with Crippen molar-refractivity contribution in [2.24, 2.45) is 17.0 Å². The largest absolute Gasteiger partial charge is 0.506 e. The molecular formula is C19H18ClNO5. The smallest absolute Gasteiger partial charge is 0.341 e. The summed E-state index contributed by atoms with van der Waals surface area (Å²) >= 11 is 6.10. The van der Waals surface area contributed by atoms with E-state index in [1.165, 1.54) is 6.08 Å². The highest BCUT2D eigenvalue weighted by Gasteiger charge is 2.36. The van der Waals surface area contributed by atoms with Crippen LogP contribution in [0.5, 0.6) is 5.75 Å². The third kappa shape index (κ3) is 3.85. The van der Waals surface area contributed by atoms with Crippen LogP contribution in [0.15, 0.2) is 35.5 Å². The van der Waals surface area contributed by atoms with Crippen LogP contribution in [0.3, 0.4) is 0 Å². The fourth-order valence-corrected chi connectivity index (χ4v) is 3.46. The summed E-state index contributed by atoms with van der Waals surface area (Å²) in [5.41, 5.74) is -0.429. The fourth-order valence-electron chi connectivity index (χ4n) is 3.25. The molecule has 2 aliphatic rings. The van der Waals surface area contributed by atoms with Crippen molar-refractivity contribution in [3.63, 3.8) is 0 Å². The molecule has 7 heteroatoms. The molecule has 6 nitrogen and oxygen atoms in total. The van der Waals surface area contributed by atoms with Gasteiger partial charge in [-0.1, -0.05) is 29.8 Å². The van der Waals surface area contributed by atoms with Crippen molar-refractivity contribution in [2.45, 2.75) is 32.3 Å². The van der Waals surface area contributed by atoms with Gasteiger partial charge in [-0.2, -0.15) is 0 Å². The van der Waals surface area contributed by atoms with Crippen molar-refractivity contribution in [1.82, 2.24) is 0 Å². The van der Waals surface area contributed by atoms with Gasteiger partial charge in [0.25, 0.3) is 0 Å². The van der Waals surface area contributed by atoms with Gasteiger partial charge in [0.05, 0.1) is 16.7 Å². The molecule has 0 spiro atoms. The summed E-state index contributed by atoms with van der Waals surface area (Å²) < 4.78 is 5.46. The molecule has 0 radical (unpaired) electrons. The molecule has 0 bridgehead atoms. The van der Waals surface area contributed by atoms with Crippen LogP contribution in [0.1, 0.15) is 35.7 Å². The van der Waals surface area contributed by atoms with E-state index >= 15 is 0 Å². The Morgan fingerprint density at radius 2 is 2.04 bits per heavy atom. The first-order chi connectivity index (χ1) is 12.4. The van der Waals surface area contributed by atoms with Crippen molar-refractivity contribution < 1.29 is 19.4 Å². The Labute approximate surface area is 155 Å². The van der Waals surface area contributed by atoms with Crippen LogP contribution in [0, 0.1) is 16.7 Å². The van der Waals surface area contributed by atoms with E-state index in [1.54, 1.807) is 13.0 Å². The van der Waals surface area contributed by atoms with Crippen molar-refractivity contribution in [3.05, 3.63) is 51.4 Å². The first-order valence-electron chi connectivity index (χ1n) is 8.37. The average Bonchev–Trinajstić information content (AvgIpc) is 3.32. The molecule has 0 amide bonds. The third-order valence-electron chi connectivity index (χ3n) is 4.65. The van der Waals surface area contributed by atoms with E-state index in [0.717, 1.165) is 12.5 Å². The Morgan fingerprint density at radius 1 is 1.27 bits per heavy atom. The van der Waals surface area contributed by atoms with Crippen molar-refractivity contribution >= 4 is 29.0 Å². The monoisotopic (exact) mass is 375 g/mol. The van der Waals surface area contributed by atoms with Gasteiger partial charge in [0.15, 0.2) is 5.78 Å². The number of fused-ring (bicyclic) bond motifs is 2. The number of aromatic hydroxyl groups is 1. The topological polar surface area (TPSA) is 93.0 Å². The van der Waals surface area contributed by atoms with E-state index < -0.39 is 11.7 Å². The number of rotatable bonds is 1. The lowest BCUT2D eigenvalue weighted by Crippen LogP contribution is -2.18. The van der Waals surface area contributed by atoms with Crippen LogP contribution in [-0.4, -0.2) is 23.0 Å². The van der Waals surface area contributed by atoms with Crippen LogP contribution in [0.4, 0.5) is 5.69 Å². The van der Waals surface area contributed by atoms with Crippen LogP contribution >= 0.6 is 11.6 Å². The Kier molecular flexibility index (Phi) is 5.23. The Hall–Kier alpha value is -2.47. The summed E-state index contributed by atoms with van der Waals surface area (Å²) in [4.78, 5) is 36.0. The minimum atomic E-state index is -0.773. The maximum absolute atomic E-state index is 12.7.